The Labute approximate surface area is 143 Å². The van der Waals surface area contributed by atoms with Crippen molar-refractivity contribution in [1.82, 2.24) is 19.9 Å². The highest BCUT2D eigenvalue weighted by molar-refractivity contribution is 6.04. The number of carbonyl (C=O) groups excluding carboxylic acids is 2. The Balaban J connectivity index is 1.70. The summed E-state index contributed by atoms with van der Waals surface area (Å²) in [5.74, 6) is 0.353. The Morgan fingerprint density at radius 1 is 1.00 bits per heavy atom. The van der Waals surface area contributed by atoms with Crippen molar-refractivity contribution in [3.63, 3.8) is 0 Å². The van der Waals surface area contributed by atoms with E-state index in [2.05, 4.69) is 25.9 Å². The van der Waals surface area contributed by atoms with Crippen LogP contribution in [0.3, 0.4) is 0 Å². The molecule has 0 fully saturated rings. The first-order chi connectivity index (χ1) is 12.2. The van der Waals surface area contributed by atoms with Crippen molar-refractivity contribution in [1.29, 1.82) is 0 Å². The molecule has 1 aromatic carbocycles. The summed E-state index contributed by atoms with van der Waals surface area (Å²) in [6.45, 7) is 0. The van der Waals surface area contributed by atoms with E-state index < -0.39 is 0 Å². The Morgan fingerprint density at radius 3 is 2.36 bits per heavy atom. The van der Waals surface area contributed by atoms with Crippen molar-refractivity contribution in [3.05, 3.63) is 66.9 Å². The summed E-state index contributed by atoms with van der Waals surface area (Å²) in [5.41, 5.74) is 1.73. The molecule has 126 valence electrons. The van der Waals surface area contributed by atoms with Crippen LogP contribution in [-0.2, 0) is 0 Å². The lowest BCUT2D eigenvalue weighted by Gasteiger charge is -2.08. The molecule has 0 bridgehead atoms. The van der Waals surface area contributed by atoms with Gasteiger partial charge in [-0.3, -0.25) is 9.36 Å². The SMILES string of the molecule is CNC(=O)Nc1ccc(NC(=O)c2ccnc(-n3ccnc3)c2)cc1. The third-order valence-electron chi connectivity index (χ3n) is 3.40. The molecule has 3 amide bonds. The second-order valence-corrected chi connectivity index (χ2v) is 5.11. The van der Waals surface area contributed by atoms with Crippen LogP contribution in [0.1, 0.15) is 10.4 Å². The van der Waals surface area contributed by atoms with Gasteiger partial charge in [-0.25, -0.2) is 14.8 Å². The van der Waals surface area contributed by atoms with Crippen molar-refractivity contribution in [2.45, 2.75) is 0 Å². The zero-order valence-electron chi connectivity index (χ0n) is 13.4. The van der Waals surface area contributed by atoms with E-state index in [-0.39, 0.29) is 11.9 Å². The highest BCUT2D eigenvalue weighted by Gasteiger charge is 2.08. The molecule has 3 aromatic rings. The second-order valence-electron chi connectivity index (χ2n) is 5.11. The van der Waals surface area contributed by atoms with Crippen molar-refractivity contribution in [2.24, 2.45) is 0 Å². The van der Waals surface area contributed by atoms with E-state index in [1.54, 1.807) is 65.9 Å². The Bertz CT molecular complexity index is 874. The number of hydrogen-bond donors (Lipinski definition) is 3. The molecule has 0 saturated carbocycles. The van der Waals surface area contributed by atoms with Gasteiger partial charge in [-0.2, -0.15) is 0 Å². The van der Waals surface area contributed by atoms with Gasteiger partial charge in [0.05, 0.1) is 0 Å². The van der Waals surface area contributed by atoms with Crippen LogP contribution >= 0.6 is 0 Å². The largest absolute Gasteiger partial charge is 0.341 e. The molecule has 2 heterocycles. The van der Waals surface area contributed by atoms with Gasteiger partial charge in [-0.15, -0.1) is 0 Å². The molecule has 3 rings (SSSR count). The number of anilines is 2. The molecule has 25 heavy (non-hydrogen) atoms. The number of benzene rings is 1. The average molecular weight is 336 g/mol. The quantitative estimate of drug-likeness (QED) is 0.680. The molecule has 0 saturated heterocycles. The predicted molar refractivity (Wildman–Crippen MR) is 93.8 cm³/mol. The highest BCUT2D eigenvalue weighted by atomic mass is 16.2. The lowest BCUT2D eigenvalue weighted by atomic mass is 10.2. The molecule has 8 nitrogen and oxygen atoms in total. The molecule has 0 aliphatic carbocycles. The van der Waals surface area contributed by atoms with E-state index in [1.165, 1.54) is 7.05 Å². The first-order valence-corrected chi connectivity index (χ1v) is 7.50. The minimum absolute atomic E-state index is 0.254. The number of urea groups is 1. The number of nitrogens with zero attached hydrogens (tertiary/aromatic N) is 3. The maximum absolute atomic E-state index is 12.4. The monoisotopic (exact) mass is 336 g/mol. The topological polar surface area (TPSA) is 101 Å². The molecule has 0 aliphatic rings. The third-order valence-corrected chi connectivity index (χ3v) is 3.40. The fourth-order valence-electron chi connectivity index (χ4n) is 2.13. The van der Waals surface area contributed by atoms with Gasteiger partial charge >= 0.3 is 6.03 Å². The lowest BCUT2D eigenvalue weighted by Crippen LogP contribution is -2.24. The Hall–Kier alpha value is -3.68. The number of imidazole rings is 1. The van der Waals surface area contributed by atoms with Gasteiger partial charge < -0.3 is 16.0 Å². The predicted octanol–water partition coefficient (Wildman–Crippen LogP) is 2.27. The molecule has 2 aromatic heterocycles. The van der Waals surface area contributed by atoms with Crippen LogP contribution in [0.2, 0.25) is 0 Å². The van der Waals surface area contributed by atoms with Crippen LogP contribution in [-0.4, -0.2) is 33.5 Å². The maximum Gasteiger partial charge on any atom is 0.318 e. The third kappa shape index (κ3) is 3.99. The number of amides is 3. The summed E-state index contributed by atoms with van der Waals surface area (Å²) >= 11 is 0. The van der Waals surface area contributed by atoms with Gasteiger partial charge in [0.1, 0.15) is 12.1 Å². The van der Waals surface area contributed by atoms with Crippen LogP contribution in [0.25, 0.3) is 5.82 Å². The zero-order chi connectivity index (χ0) is 17.6. The number of pyridine rings is 1. The molecule has 0 atom stereocenters. The van der Waals surface area contributed by atoms with Gasteiger partial charge in [0.15, 0.2) is 0 Å². The normalized spacial score (nSPS) is 10.1. The van der Waals surface area contributed by atoms with Gasteiger partial charge in [0.2, 0.25) is 0 Å². The van der Waals surface area contributed by atoms with E-state index in [0.29, 0.717) is 22.8 Å². The molecular weight excluding hydrogens is 320 g/mol. The van der Waals surface area contributed by atoms with Crippen molar-refractivity contribution in [2.75, 3.05) is 17.7 Å². The summed E-state index contributed by atoms with van der Waals surface area (Å²) in [5, 5.41) is 7.92. The van der Waals surface area contributed by atoms with Crippen molar-refractivity contribution < 1.29 is 9.59 Å². The number of carbonyl (C=O) groups is 2. The molecule has 8 heteroatoms. The average Bonchev–Trinajstić information content (AvgIpc) is 3.18. The van der Waals surface area contributed by atoms with E-state index in [1.807, 2.05) is 0 Å². The van der Waals surface area contributed by atoms with Gasteiger partial charge in [0.25, 0.3) is 5.91 Å². The van der Waals surface area contributed by atoms with Crippen LogP contribution in [0, 0.1) is 0 Å². The van der Waals surface area contributed by atoms with Gasteiger partial charge in [-0.1, -0.05) is 0 Å². The molecule has 0 unspecified atom stereocenters. The first-order valence-electron chi connectivity index (χ1n) is 7.50. The van der Waals surface area contributed by atoms with E-state index in [0.717, 1.165) is 0 Å². The van der Waals surface area contributed by atoms with Crippen LogP contribution in [0.15, 0.2) is 61.3 Å². The van der Waals surface area contributed by atoms with E-state index >= 15 is 0 Å². The summed E-state index contributed by atoms with van der Waals surface area (Å²) in [4.78, 5) is 31.8. The highest BCUT2D eigenvalue weighted by Crippen LogP contribution is 2.15. The maximum atomic E-state index is 12.4. The molecular formula is C17H16N6O2. The Morgan fingerprint density at radius 2 is 1.72 bits per heavy atom. The molecule has 3 N–H and O–H groups in total. The standard InChI is InChI=1S/C17H16N6O2/c1-18-17(25)22-14-4-2-13(3-5-14)21-16(24)12-6-7-20-15(10-12)23-9-8-19-11-23/h2-11H,1H3,(H,21,24)(H2,18,22,25). The molecule has 0 spiro atoms. The number of aromatic nitrogens is 3. The number of nitrogens with one attached hydrogen (secondary N) is 3. The smallest absolute Gasteiger partial charge is 0.318 e. The minimum atomic E-state index is -0.305. The van der Waals surface area contributed by atoms with Gasteiger partial charge in [-0.05, 0) is 36.4 Å². The number of hydrogen-bond acceptors (Lipinski definition) is 4. The Kier molecular flexibility index (Phi) is 4.70. The van der Waals surface area contributed by atoms with Crippen LogP contribution in [0.5, 0.6) is 0 Å². The zero-order valence-corrected chi connectivity index (χ0v) is 13.4. The number of rotatable bonds is 4. The fraction of sp³-hybridized carbons (Fsp3) is 0.0588. The summed E-state index contributed by atoms with van der Waals surface area (Å²) in [6, 6.07) is 9.83. The molecule has 0 aliphatic heterocycles. The second kappa shape index (κ2) is 7.26. The fourth-order valence-corrected chi connectivity index (χ4v) is 2.13. The summed E-state index contributed by atoms with van der Waals surface area (Å²) < 4.78 is 1.72. The van der Waals surface area contributed by atoms with Crippen molar-refractivity contribution in [3.8, 4) is 5.82 Å². The molecule has 0 radical (unpaired) electrons. The first kappa shape index (κ1) is 16.2. The van der Waals surface area contributed by atoms with Crippen LogP contribution < -0.4 is 16.0 Å². The lowest BCUT2D eigenvalue weighted by molar-refractivity contribution is 0.102. The summed E-state index contributed by atoms with van der Waals surface area (Å²) in [7, 11) is 1.54. The van der Waals surface area contributed by atoms with Crippen LogP contribution in [0.4, 0.5) is 16.2 Å². The summed E-state index contributed by atoms with van der Waals surface area (Å²) in [6.07, 6.45) is 6.58. The van der Waals surface area contributed by atoms with E-state index in [9.17, 15) is 9.59 Å². The van der Waals surface area contributed by atoms with Gasteiger partial charge in [0, 0.05) is 42.6 Å². The minimum Gasteiger partial charge on any atom is -0.341 e. The van der Waals surface area contributed by atoms with E-state index in [4.69, 9.17) is 0 Å². The van der Waals surface area contributed by atoms with Crippen molar-refractivity contribution >= 4 is 23.3 Å².